The zero-order valence-electron chi connectivity index (χ0n) is 15.4. The molecule has 0 N–H and O–H groups in total. The molecule has 0 aliphatic carbocycles. The van der Waals surface area contributed by atoms with Gasteiger partial charge < -0.3 is 4.57 Å². The van der Waals surface area contributed by atoms with Crippen molar-refractivity contribution in [2.24, 2.45) is 0 Å². The molecule has 1 heterocycles. The molecule has 0 fully saturated rings. The van der Waals surface area contributed by atoms with E-state index in [9.17, 15) is 9.18 Å². The van der Waals surface area contributed by atoms with Crippen molar-refractivity contribution in [1.82, 2.24) is 4.57 Å². The first-order valence-corrected chi connectivity index (χ1v) is 9.39. The number of hydrogen-bond donors (Lipinski definition) is 0. The van der Waals surface area contributed by atoms with Crippen molar-refractivity contribution in [2.75, 3.05) is 0 Å². The molecular formula is C24H22FNO. The average molecular weight is 359 g/mol. The molecule has 0 aliphatic heterocycles. The Bertz CT molecular complexity index is 1100. The van der Waals surface area contributed by atoms with Gasteiger partial charge in [0, 0.05) is 34.8 Å². The van der Waals surface area contributed by atoms with Gasteiger partial charge in [0.15, 0.2) is 5.78 Å². The maximum atomic E-state index is 13.4. The molecule has 2 nitrogen and oxygen atoms in total. The lowest BCUT2D eigenvalue weighted by Crippen LogP contribution is -2.02. The highest BCUT2D eigenvalue weighted by Crippen LogP contribution is 2.27. The minimum absolute atomic E-state index is 0.0283. The molecule has 0 bridgehead atoms. The summed E-state index contributed by atoms with van der Waals surface area (Å²) >= 11 is 0. The van der Waals surface area contributed by atoms with Gasteiger partial charge in [-0.25, -0.2) is 4.39 Å². The summed E-state index contributed by atoms with van der Waals surface area (Å²) in [6, 6.07) is 21.7. The number of rotatable bonds is 6. The largest absolute Gasteiger partial charge is 0.347 e. The highest BCUT2D eigenvalue weighted by atomic mass is 19.1. The van der Waals surface area contributed by atoms with Crippen LogP contribution in [0.2, 0.25) is 0 Å². The molecule has 0 radical (unpaired) electrons. The molecular weight excluding hydrogens is 337 g/mol. The van der Waals surface area contributed by atoms with Crippen molar-refractivity contribution < 1.29 is 9.18 Å². The lowest BCUT2D eigenvalue weighted by Gasteiger charge is -2.06. The fraction of sp³-hybridized carbons (Fsp3) is 0.208. The first kappa shape index (κ1) is 17.5. The Morgan fingerprint density at radius 1 is 0.926 bits per heavy atom. The molecule has 136 valence electrons. The van der Waals surface area contributed by atoms with Gasteiger partial charge in [-0.1, -0.05) is 60.7 Å². The van der Waals surface area contributed by atoms with Crippen LogP contribution in [0.3, 0.4) is 0 Å². The molecule has 4 aromatic rings. The number of aryl methyl sites for hydroxylation is 1. The first-order valence-electron chi connectivity index (χ1n) is 9.39. The highest BCUT2D eigenvalue weighted by Gasteiger charge is 2.18. The van der Waals surface area contributed by atoms with Gasteiger partial charge in [0.25, 0.3) is 0 Å². The van der Waals surface area contributed by atoms with E-state index in [1.165, 1.54) is 0 Å². The van der Waals surface area contributed by atoms with E-state index in [1.807, 2.05) is 72.9 Å². The maximum Gasteiger partial charge on any atom is 0.195 e. The molecule has 0 unspecified atom stereocenters. The fourth-order valence-electron chi connectivity index (χ4n) is 3.72. The van der Waals surface area contributed by atoms with Crippen LogP contribution in [0.25, 0.3) is 21.7 Å². The van der Waals surface area contributed by atoms with Crippen LogP contribution in [-0.4, -0.2) is 16.5 Å². The third-order valence-corrected chi connectivity index (χ3v) is 5.07. The number of carbonyl (C=O) groups excluding carboxylic acids is 1. The summed E-state index contributed by atoms with van der Waals surface area (Å²) in [5.74, 6) is 0.0283. The number of fused-ring (bicyclic) bond motifs is 2. The second-order valence-corrected chi connectivity index (χ2v) is 7.03. The van der Waals surface area contributed by atoms with E-state index < -0.39 is 6.17 Å². The van der Waals surface area contributed by atoms with Crippen molar-refractivity contribution in [3.8, 4) is 0 Å². The second-order valence-electron chi connectivity index (χ2n) is 7.03. The standard InChI is InChI=1S/C24H22FNO/c1-17(25)8-7-15-26-16-22(20-12-4-5-14-23(20)26)24(27)21-13-6-10-18-9-2-3-11-19(18)21/h2-6,9-14,16-17H,7-8,15H2,1H3/t17-/m0/s1. The van der Waals surface area contributed by atoms with Gasteiger partial charge in [-0.3, -0.25) is 4.79 Å². The molecule has 3 aromatic carbocycles. The number of halogens is 1. The molecule has 1 atom stereocenters. The van der Waals surface area contributed by atoms with Gasteiger partial charge in [0.05, 0.1) is 6.17 Å². The van der Waals surface area contributed by atoms with Gasteiger partial charge >= 0.3 is 0 Å². The topological polar surface area (TPSA) is 22.0 Å². The summed E-state index contributed by atoms with van der Waals surface area (Å²) in [6.07, 6.45) is 2.40. The molecule has 4 rings (SSSR count). The maximum absolute atomic E-state index is 13.4. The summed E-state index contributed by atoms with van der Waals surface area (Å²) in [7, 11) is 0. The van der Waals surface area contributed by atoms with E-state index >= 15 is 0 Å². The smallest absolute Gasteiger partial charge is 0.195 e. The van der Waals surface area contributed by atoms with Crippen molar-refractivity contribution in [3.63, 3.8) is 0 Å². The molecule has 0 saturated carbocycles. The predicted molar refractivity (Wildman–Crippen MR) is 109 cm³/mol. The van der Waals surface area contributed by atoms with E-state index in [0.717, 1.165) is 28.1 Å². The summed E-state index contributed by atoms with van der Waals surface area (Å²) in [5.41, 5.74) is 2.44. The third-order valence-electron chi connectivity index (χ3n) is 5.07. The fourth-order valence-corrected chi connectivity index (χ4v) is 3.72. The van der Waals surface area contributed by atoms with Crippen molar-refractivity contribution in [2.45, 2.75) is 32.5 Å². The van der Waals surface area contributed by atoms with E-state index in [2.05, 4.69) is 4.57 Å². The minimum atomic E-state index is -0.802. The van der Waals surface area contributed by atoms with Crippen LogP contribution in [0.4, 0.5) is 4.39 Å². The molecule has 3 heteroatoms. The number of ketones is 1. The Morgan fingerprint density at radius 2 is 1.63 bits per heavy atom. The van der Waals surface area contributed by atoms with Crippen LogP contribution in [0.5, 0.6) is 0 Å². The van der Waals surface area contributed by atoms with E-state index in [4.69, 9.17) is 0 Å². The van der Waals surface area contributed by atoms with Crippen LogP contribution in [0, 0.1) is 0 Å². The predicted octanol–water partition coefficient (Wildman–Crippen LogP) is 6.16. The normalized spacial score (nSPS) is 12.5. The Morgan fingerprint density at radius 3 is 2.44 bits per heavy atom. The molecule has 0 amide bonds. The molecule has 0 spiro atoms. The van der Waals surface area contributed by atoms with Crippen molar-refractivity contribution >= 4 is 27.5 Å². The van der Waals surface area contributed by atoms with E-state index in [-0.39, 0.29) is 5.78 Å². The number of aromatic nitrogens is 1. The quantitative estimate of drug-likeness (QED) is 0.378. The number of benzene rings is 3. The minimum Gasteiger partial charge on any atom is -0.347 e. The molecule has 27 heavy (non-hydrogen) atoms. The highest BCUT2D eigenvalue weighted by molar-refractivity contribution is 6.21. The Hall–Kier alpha value is -2.94. The number of para-hydroxylation sites is 1. The van der Waals surface area contributed by atoms with Gasteiger partial charge in [-0.05, 0) is 36.6 Å². The van der Waals surface area contributed by atoms with Crippen LogP contribution < -0.4 is 0 Å². The number of hydrogen-bond acceptors (Lipinski definition) is 1. The summed E-state index contributed by atoms with van der Waals surface area (Å²) < 4.78 is 15.2. The zero-order chi connectivity index (χ0) is 18.8. The van der Waals surface area contributed by atoms with Crippen molar-refractivity contribution in [3.05, 3.63) is 84.1 Å². The zero-order valence-corrected chi connectivity index (χ0v) is 15.4. The molecule has 1 aromatic heterocycles. The average Bonchev–Trinajstić information content (AvgIpc) is 3.06. The van der Waals surface area contributed by atoms with Gasteiger partial charge in [0.1, 0.15) is 0 Å². The van der Waals surface area contributed by atoms with Crippen LogP contribution in [-0.2, 0) is 6.54 Å². The monoisotopic (exact) mass is 359 g/mol. The number of alkyl halides is 1. The number of carbonyl (C=O) groups is 1. The van der Waals surface area contributed by atoms with Gasteiger partial charge in [0.2, 0.25) is 0 Å². The number of nitrogens with zero attached hydrogens (tertiary/aromatic N) is 1. The molecule has 0 saturated heterocycles. The second kappa shape index (κ2) is 7.36. The molecule has 0 aliphatic rings. The van der Waals surface area contributed by atoms with Crippen LogP contribution in [0.15, 0.2) is 72.9 Å². The first-order chi connectivity index (χ1) is 13.1. The Kier molecular flexibility index (Phi) is 4.76. The summed E-state index contributed by atoms with van der Waals surface area (Å²) in [5, 5.41) is 2.97. The SMILES string of the molecule is C[C@H](F)CCCn1cc(C(=O)c2cccc3ccccc23)c2ccccc21. The third kappa shape index (κ3) is 3.37. The Balaban J connectivity index is 1.78. The summed E-state index contributed by atoms with van der Waals surface area (Å²) in [6.45, 7) is 2.29. The van der Waals surface area contributed by atoms with Crippen LogP contribution >= 0.6 is 0 Å². The van der Waals surface area contributed by atoms with E-state index in [0.29, 0.717) is 24.1 Å². The van der Waals surface area contributed by atoms with Crippen molar-refractivity contribution in [1.29, 1.82) is 0 Å². The van der Waals surface area contributed by atoms with Gasteiger partial charge in [-0.2, -0.15) is 0 Å². The van der Waals surface area contributed by atoms with E-state index in [1.54, 1.807) is 6.92 Å². The lowest BCUT2D eigenvalue weighted by atomic mass is 9.97. The van der Waals surface area contributed by atoms with Gasteiger partial charge in [-0.15, -0.1) is 0 Å². The Labute approximate surface area is 158 Å². The van der Waals surface area contributed by atoms with Crippen LogP contribution in [0.1, 0.15) is 35.7 Å². The summed E-state index contributed by atoms with van der Waals surface area (Å²) in [4.78, 5) is 13.4. The lowest BCUT2D eigenvalue weighted by molar-refractivity contribution is 0.104.